The molecule has 30 heavy (non-hydrogen) atoms. The van der Waals surface area contributed by atoms with Gasteiger partial charge in [-0.25, -0.2) is 0 Å². The maximum atomic E-state index is 5.81. The number of nitrogens with zero attached hydrogens (tertiary/aromatic N) is 2. The number of imidazole rings is 1. The SMILES string of the molecule is C[C@@H]1CN([C@@H]2[CH-]c3ccccc3OC2)CCO1.[Mn+2].[c-]1cccc2nc(C3CC3)[nH]c12. The summed E-state index contributed by atoms with van der Waals surface area (Å²) in [6, 6.07) is 17.7. The van der Waals surface area contributed by atoms with E-state index in [-0.39, 0.29) is 17.1 Å². The number of fused-ring (bicyclic) bond motifs is 2. The predicted octanol–water partition coefficient (Wildman–Crippen LogP) is 3.96. The van der Waals surface area contributed by atoms with E-state index < -0.39 is 0 Å². The Balaban J connectivity index is 0.000000148. The molecule has 1 aromatic heterocycles. The molecule has 1 saturated carbocycles. The van der Waals surface area contributed by atoms with E-state index in [1.54, 1.807) is 0 Å². The molecule has 1 radical (unpaired) electrons. The summed E-state index contributed by atoms with van der Waals surface area (Å²) in [5.41, 5.74) is 3.29. The molecule has 1 aliphatic carbocycles. The number of H-pyrrole nitrogens is 1. The molecule has 1 saturated heterocycles. The molecular formula is C24H27MnN3O2. The van der Waals surface area contributed by atoms with E-state index in [1.807, 2.05) is 30.3 Å². The fourth-order valence-electron chi connectivity index (χ4n) is 3.99. The van der Waals surface area contributed by atoms with Crippen LogP contribution in [0.15, 0.2) is 42.5 Å². The number of benzene rings is 2. The predicted molar refractivity (Wildman–Crippen MR) is 113 cm³/mol. The van der Waals surface area contributed by atoms with Crippen molar-refractivity contribution in [3.63, 3.8) is 0 Å². The molecule has 2 atom stereocenters. The van der Waals surface area contributed by atoms with Crippen molar-refractivity contribution < 1.29 is 26.5 Å². The number of ether oxygens (including phenoxy) is 2. The minimum atomic E-state index is 0. The Morgan fingerprint density at radius 1 is 1.20 bits per heavy atom. The van der Waals surface area contributed by atoms with Gasteiger partial charge in [0.25, 0.3) is 0 Å². The van der Waals surface area contributed by atoms with Crippen LogP contribution in [0.3, 0.4) is 0 Å². The molecule has 0 unspecified atom stereocenters. The van der Waals surface area contributed by atoms with Gasteiger partial charge in [0.2, 0.25) is 0 Å². The van der Waals surface area contributed by atoms with E-state index in [0.717, 1.165) is 48.9 Å². The van der Waals surface area contributed by atoms with Crippen LogP contribution in [0, 0.1) is 12.5 Å². The maximum absolute atomic E-state index is 5.81. The number of rotatable bonds is 2. The van der Waals surface area contributed by atoms with Crippen LogP contribution >= 0.6 is 0 Å². The van der Waals surface area contributed by atoms with Crippen molar-refractivity contribution in [3.8, 4) is 5.75 Å². The van der Waals surface area contributed by atoms with Gasteiger partial charge in [0.05, 0.1) is 25.1 Å². The van der Waals surface area contributed by atoms with Crippen LogP contribution in [0.5, 0.6) is 5.75 Å². The third kappa shape index (κ3) is 4.84. The van der Waals surface area contributed by atoms with Crippen LogP contribution in [0.1, 0.15) is 37.1 Å². The smallest absolute Gasteiger partial charge is 0.550 e. The van der Waals surface area contributed by atoms with E-state index in [9.17, 15) is 0 Å². The molecule has 2 aromatic carbocycles. The van der Waals surface area contributed by atoms with Gasteiger partial charge >= 0.3 is 17.1 Å². The van der Waals surface area contributed by atoms with Crippen molar-refractivity contribution in [3.05, 3.63) is 66.3 Å². The first-order valence-corrected chi connectivity index (χ1v) is 10.5. The monoisotopic (exact) mass is 444 g/mol. The molecule has 6 heteroatoms. The van der Waals surface area contributed by atoms with Gasteiger partial charge in [0.15, 0.2) is 0 Å². The van der Waals surface area contributed by atoms with E-state index in [2.05, 4.69) is 46.4 Å². The molecule has 2 aliphatic heterocycles. The average Bonchev–Trinajstić information content (AvgIpc) is 3.52. The van der Waals surface area contributed by atoms with Crippen molar-refractivity contribution in [2.75, 3.05) is 26.3 Å². The minimum Gasteiger partial charge on any atom is -0.550 e. The van der Waals surface area contributed by atoms with E-state index in [1.165, 1.54) is 18.4 Å². The first-order valence-electron chi connectivity index (χ1n) is 10.5. The molecule has 0 spiro atoms. The van der Waals surface area contributed by atoms with Crippen molar-refractivity contribution in [1.82, 2.24) is 14.9 Å². The number of nitrogens with one attached hydrogen (secondary N) is 1. The van der Waals surface area contributed by atoms with Crippen molar-refractivity contribution in [2.24, 2.45) is 0 Å². The summed E-state index contributed by atoms with van der Waals surface area (Å²) in [6.07, 6.45) is 5.23. The summed E-state index contributed by atoms with van der Waals surface area (Å²) in [5.74, 6) is 2.85. The molecule has 3 heterocycles. The fourth-order valence-corrected chi connectivity index (χ4v) is 3.99. The van der Waals surface area contributed by atoms with Gasteiger partial charge in [0, 0.05) is 30.8 Å². The Morgan fingerprint density at radius 2 is 2.07 bits per heavy atom. The van der Waals surface area contributed by atoms with Crippen molar-refractivity contribution in [1.29, 1.82) is 0 Å². The van der Waals surface area contributed by atoms with Gasteiger partial charge < -0.3 is 14.5 Å². The number of hydrogen-bond acceptors (Lipinski definition) is 4. The maximum Gasteiger partial charge on any atom is 2.00 e. The zero-order valence-electron chi connectivity index (χ0n) is 17.2. The second kappa shape index (κ2) is 9.44. The Kier molecular flexibility index (Phi) is 6.69. The van der Waals surface area contributed by atoms with Gasteiger partial charge in [-0.3, -0.25) is 9.88 Å². The van der Waals surface area contributed by atoms with Crippen LogP contribution in [0.4, 0.5) is 0 Å². The Labute approximate surface area is 188 Å². The molecule has 5 nitrogen and oxygen atoms in total. The van der Waals surface area contributed by atoms with E-state index in [4.69, 9.17) is 9.47 Å². The number of hydrogen-bond donors (Lipinski definition) is 1. The first-order chi connectivity index (χ1) is 14.3. The standard InChI is InChI=1S/C14H18NO2.C10H9N2.Mn/c1-11-9-15(6-7-16-11)13-8-12-4-2-3-5-14(12)17-10-13;1-2-4-9-8(3-1)11-10(12-9)7-5-6-7;/h2-5,8,11,13H,6-7,9-10H2,1H3;1-3,7H,5-6H2,(H,11,12);/q2*-1;+2/t11-,13-;;/m1../s1. The number of aromatic amines is 1. The summed E-state index contributed by atoms with van der Waals surface area (Å²) in [5, 5.41) is 0. The summed E-state index contributed by atoms with van der Waals surface area (Å²) >= 11 is 0. The molecule has 0 amide bonds. The first kappa shape index (κ1) is 21.3. The molecule has 3 aromatic rings. The molecule has 157 valence electrons. The van der Waals surface area contributed by atoms with Crippen molar-refractivity contribution >= 4 is 11.0 Å². The Hall–Kier alpha value is -1.98. The number of aromatic nitrogens is 2. The third-order valence-corrected chi connectivity index (χ3v) is 5.73. The quantitative estimate of drug-likeness (QED) is 0.480. The summed E-state index contributed by atoms with van der Waals surface area (Å²) in [4.78, 5) is 10.2. The summed E-state index contributed by atoms with van der Waals surface area (Å²) in [7, 11) is 0. The largest absolute Gasteiger partial charge is 2.00 e. The number of morpholine rings is 1. The zero-order valence-corrected chi connectivity index (χ0v) is 18.4. The van der Waals surface area contributed by atoms with Gasteiger partial charge in [-0.2, -0.15) is 30.7 Å². The van der Waals surface area contributed by atoms with Crippen LogP contribution in [0.25, 0.3) is 11.0 Å². The molecule has 0 bridgehead atoms. The molecule has 1 N–H and O–H groups in total. The van der Waals surface area contributed by atoms with Gasteiger partial charge in [-0.1, -0.05) is 12.1 Å². The van der Waals surface area contributed by atoms with Crippen LogP contribution in [-0.4, -0.2) is 53.3 Å². The van der Waals surface area contributed by atoms with Crippen LogP contribution in [0.2, 0.25) is 0 Å². The average molecular weight is 444 g/mol. The van der Waals surface area contributed by atoms with E-state index >= 15 is 0 Å². The Bertz CT molecular complexity index is 939. The van der Waals surface area contributed by atoms with Gasteiger partial charge in [-0.15, -0.1) is 17.7 Å². The fraction of sp³-hybridized carbons (Fsp3) is 0.417. The van der Waals surface area contributed by atoms with Gasteiger partial charge in [0.1, 0.15) is 0 Å². The van der Waals surface area contributed by atoms with Crippen molar-refractivity contribution in [2.45, 2.75) is 37.8 Å². The second-order valence-corrected chi connectivity index (χ2v) is 8.09. The Morgan fingerprint density at radius 3 is 2.87 bits per heavy atom. The normalized spacial score (nSPS) is 23.2. The number of para-hydroxylation sites is 2. The molecular weight excluding hydrogens is 417 g/mol. The van der Waals surface area contributed by atoms with E-state index in [0.29, 0.717) is 18.1 Å². The molecule has 6 rings (SSSR count). The summed E-state index contributed by atoms with van der Waals surface area (Å²) < 4.78 is 11.4. The third-order valence-electron chi connectivity index (χ3n) is 5.73. The zero-order chi connectivity index (χ0) is 19.6. The second-order valence-electron chi connectivity index (χ2n) is 8.09. The summed E-state index contributed by atoms with van der Waals surface area (Å²) in [6.45, 7) is 5.70. The molecule has 3 aliphatic rings. The van der Waals surface area contributed by atoms with Gasteiger partial charge in [-0.05, 0) is 30.8 Å². The molecule has 2 fully saturated rings. The van der Waals surface area contributed by atoms with Crippen LogP contribution < -0.4 is 4.74 Å². The topological polar surface area (TPSA) is 50.4 Å². The minimum absolute atomic E-state index is 0. The van der Waals surface area contributed by atoms with Crippen LogP contribution in [-0.2, 0) is 21.8 Å².